The van der Waals surface area contributed by atoms with Crippen molar-refractivity contribution in [2.45, 2.75) is 47.5 Å². The van der Waals surface area contributed by atoms with E-state index >= 15 is 0 Å². The molecule has 2 nitrogen and oxygen atoms in total. The van der Waals surface area contributed by atoms with E-state index < -0.39 is 15.1 Å². The van der Waals surface area contributed by atoms with Crippen molar-refractivity contribution in [1.82, 2.24) is 9.34 Å². The summed E-state index contributed by atoms with van der Waals surface area (Å²) in [6.07, 6.45) is 4.09. The average Bonchev–Trinajstić information content (AvgIpc) is 2.38. The van der Waals surface area contributed by atoms with E-state index in [-0.39, 0.29) is 4.70 Å². The second kappa shape index (κ2) is 15.0. The van der Waals surface area contributed by atoms with E-state index in [9.17, 15) is 12.9 Å². The summed E-state index contributed by atoms with van der Waals surface area (Å²) in [5.74, 6) is 0. The summed E-state index contributed by atoms with van der Waals surface area (Å²) < 4.78 is 34.4. The molecule has 0 atom stereocenters. The van der Waals surface area contributed by atoms with Crippen molar-refractivity contribution >= 4 is 15.1 Å². The zero-order chi connectivity index (χ0) is 16.2. The van der Waals surface area contributed by atoms with Crippen molar-refractivity contribution in [3.63, 3.8) is 0 Å². The number of halogens is 4. The molecule has 0 N–H and O–H groups in total. The Bertz CT molecular complexity index is 204. The lowest BCUT2D eigenvalue weighted by molar-refractivity contribution is -0.00000777. The molecule has 0 aromatic heterocycles. The molecule has 0 saturated carbocycles. The standard InChI is InChI=1S/C13H32N2P.BF3.FH/c1-7-12-13-16(6,14(8-2)9-3)15(10-4)11-5;2-1(3)4;/h7-13H2,1-6H3;;1H/q+1;;/p-1. The van der Waals surface area contributed by atoms with Gasteiger partial charge >= 0.3 is 7.54 Å². The van der Waals surface area contributed by atoms with Gasteiger partial charge in [-0.05, 0) is 34.1 Å². The number of hydrogen-bond donors (Lipinski definition) is 0. The molecule has 8 heteroatoms. The van der Waals surface area contributed by atoms with E-state index in [0.717, 1.165) is 0 Å². The lowest BCUT2D eigenvalue weighted by Crippen LogP contribution is -3.00. The molecule has 0 unspecified atom stereocenters. The summed E-state index contributed by atoms with van der Waals surface area (Å²) in [5, 5.41) is 0. The molecule has 0 rings (SSSR count). The smallest absolute Gasteiger partial charge is 0.762 e. The van der Waals surface area contributed by atoms with Crippen molar-refractivity contribution in [2.75, 3.05) is 39.0 Å². The van der Waals surface area contributed by atoms with Crippen molar-refractivity contribution in [1.29, 1.82) is 0 Å². The van der Waals surface area contributed by atoms with Crippen LogP contribution in [0, 0.1) is 0 Å². The van der Waals surface area contributed by atoms with Gasteiger partial charge in [-0.3, -0.25) is 12.9 Å². The first-order valence-corrected chi connectivity index (χ1v) is 9.95. The van der Waals surface area contributed by atoms with Crippen molar-refractivity contribution in [2.24, 2.45) is 0 Å². The topological polar surface area (TPSA) is 6.48 Å². The van der Waals surface area contributed by atoms with Crippen LogP contribution in [-0.4, -0.2) is 55.9 Å². The number of hydrogen-bond acceptors (Lipinski definition) is 2. The molecule has 0 radical (unpaired) electrons. The largest absolute Gasteiger partial charge is 1.00 e. The third-order valence-electron chi connectivity index (χ3n) is 3.61. The van der Waals surface area contributed by atoms with Crippen LogP contribution in [0.2, 0.25) is 0 Å². The predicted molar refractivity (Wildman–Crippen MR) is 87.5 cm³/mol. The zero-order valence-electron chi connectivity index (χ0n) is 14.4. The normalized spacial score (nSPS) is 11.0. The molecule has 0 bridgehead atoms. The Balaban J connectivity index is -0.000000572. The second-order valence-corrected chi connectivity index (χ2v) is 8.45. The highest BCUT2D eigenvalue weighted by Gasteiger charge is 2.42. The van der Waals surface area contributed by atoms with E-state index in [4.69, 9.17) is 0 Å². The summed E-state index contributed by atoms with van der Waals surface area (Å²) in [6, 6.07) is 0. The fraction of sp³-hybridized carbons (Fsp3) is 1.00. The predicted octanol–water partition coefficient (Wildman–Crippen LogP) is 1.83. The van der Waals surface area contributed by atoms with Gasteiger partial charge in [-0.25, -0.2) is 0 Å². The molecular formula is C13H32BF4N2P. The van der Waals surface area contributed by atoms with Gasteiger partial charge < -0.3 is 4.70 Å². The molecule has 0 aromatic rings. The van der Waals surface area contributed by atoms with Gasteiger partial charge in [-0.1, -0.05) is 13.3 Å². The van der Waals surface area contributed by atoms with Crippen LogP contribution in [0.4, 0.5) is 12.9 Å². The first-order valence-electron chi connectivity index (χ1n) is 7.62. The number of nitrogens with zero attached hydrogens (tertiary/aromatic N) is 2. The van der Waals surface area contributed by atoms with Crippen LogP contribution in [0.5, 0.6) is 0 Å². The molecule has 0 aliphatic rings. The molecule has 0 fully saturated rings. The Kier molecular flexibility index (Phi) is 18.7. The molecule has 0 saturated heterocycles. The van der Waals surface area contributed by atoms with Gasteiger partial charge in [0.25, 0.3) is 0 Å². The van der Waals surface area contributed by atoms with Crippen LogP contribution < -0.4 is 4.70 Å². The quantitative estimate of drug-likeness (QED) is 0.361. The van der Waals surface area contributed by atoms with Crippen LogP contribution in [0.1, 0.15) is 47.5 Å². The summed E-state index contributed by atoms with van der Waals surface area (Å²) in [4.78, 5) is 0. The second-order valence-electron chi connectivity index (χ2n) is 4.69. The highest BCUT2D eigenvalue weighted by Crippen LogP contribution is 2.61. The van der Waals surface area contributed by atoms with E-state index in [2.05, 4.69) is 50.6 Å². The van der Waals surface area contributed by atoms with Crippen molar-refractivity contribution < 1.29 is 17.7 Å². The van der Waals surface area contributed by atoms with Crippen molar-refractivity contribution in [3.8, 4) is 0 Å². The third-order valence-corrected chi connectivity index (χ3v) is 8.35. The minimum atomic E-state index is -3.67. The highest BCUT2D eigenvalue weighted by molar-refractivity contribution is 7.70. The molecular weight excluding hydrogens is 302 g/mol. The van der Waals surface area contributed by atoms with E-state index in [0.29, 0.717) is 0 Å². The maximum absolute atomic E-state index is 9.67. The van der Waals surface area contributed by atoms with Crippen LogP contribution in [0.25, 0.3) is 0 Å². The third kappa shape index (κ3) is 10.5. The first kappa shape index (κ1) is 26.1. The molecule has 21 heavy (non-hydrogen) atoms. The Morgan fingerprint density at radius 3 is 1.29 bits per heavy atom. The summed E-state index contributed by atoms with van der Waals surface area (Å²) in [6.45, 7) is 18.8. The molecule has 0 aromatic carbocycles. The monoisotopic (exact) mass is 334 g/mol. The van der Waals surface area contributed by atoms with Gasteiger partial charge in [0.1, 0.15) is 7.56 Å². The molecule has 0 heterocycles. The number of unbranched alkanes of at least 4 members (excludes halogenated alkanes) is 1. The van der Waals surface area contributed by atoms with E-state index in [1.54, 1.807) is 0 Å². The molecule has 0 spiro atoms. The lowest BCUT2D eigenvalue weighted by Gasteiger charge is -2.39. The van der Waals surface area contributed by atoms with Crippen LogP contribution in [-0.2, 0) is 0 Å². The molecule has 0 aliphatic heterocycles. The minimum absolute atomic E-state index is 0. The minimum Gasteiger partial charge on any atom is -1.00 e. The van der Waals surface area contributed by atoms with Gasteiger partial charge in [-0.15, -0.1) is 0 Å². The van der Waals surface area contributed by atoms with Crippen LogP contribution in [0.3, 0.4) is 0 Å². The molecule has 0 amide bonds. The Labute approximate surface area is 129 Å². The van der Waals surface area contributed by atoms with Crippen LogP contribution in [0.15, 0.2) is 0 Å². The zero-order valence-corrected chi connectivity index (χ0v) is 15.3. The summed E-state index contributed by atoms with van der Waals surface area (Å²) in [5.41, 5.74) is 0. The summed E-state index contributed by atoms with van der Waals surface area (Å²) >= 11 is 0. The fourth-order valence-corrected chi connectivity index (χ4v) is 6.86. The maximum Gasteiger partial charge on any atom is 0.762 e. The highest BCUT2D eigenvalue weighted by atomic mass is 31.2. The van der Waals surface area contributed by atoms with E-state index in [1.165, 1.54) is 45.2 Å². The Morgan fingerprint density at radius 2 is 1.10 bits per heavy atom. The van der Waals surface area contributed by atoms with Gasteiger partial charge in [0.15, 0.2) is 0 Å². The number of rotatable bonds is 9. The van der Waals surface area contributed by atoms with Gasteiger partial charge in [-0.2, -0.15) is 9.34 Å². The van der Waals surface area contributed by atoms with Gasteiger partial charge in [0.2, 0.25) is 0 Å². The van der Waals surface area contributed by atoms with Gasteiger partial charge in [0, 0.05) is 26.2 Å². The Hall–Kier alpha value is 0.135. The average molecular weight is 334 g/mol. The first-order chi connectivity index (χ1) is 9.33. The molecule has 0 aliphatic carbocycles. The van der Waals surface area contributed by atoms with E-state index in [1.807, 2.05) is 0 Å². The molecule has 130 valence electrons. The van der Waals surface area contributed by atoms with Crippen molar-refractivity contribution in [3.05, 3.63) is 0 Å². The summed E-state index contributed by atoms with van der Waals surface area (Å²) in [7, 11) is -4.71. The maximum atomic E-state index is 9.67. The van der Waals surface area contributed by atoms with Crippen LogP contribution >= 0.6 is 7.56 Å². The SMILES string of the molecule is CCCC[P+](C)(N(CC)CC)N(CC)CC.FB(F)F.[F-]. The lowest BCUT2D eigenvalue weighted by atomic mass is 10.4. The van der Waals surface area contributed by atoms with Gasteiger partial charge in [0.05, 0.1) is 12.8 Å². The Morgan fingerprint density at radius 1 is 0.810 bits per heavy atom. The fourth-order valence-electron chi connectivity index (χ4n) is 2.59.